The second kappa shape index (κ2) is 11.9. The molecule has 0 spiro atoms. The van der Waals surface area contributed by atoms with Gasteiger partial charge in [-0.25, -0.2) is 0 Å². The maximum atomic E-state index is 13.3. The van der Waals surface area contributed by atoms with Gasteiger partial charge in [-0.2, -0.15) is 0 Å². The zero-order valence-corrected chi connectivity index (χ0v) is 22.3. The minimum Gasteiger partial charge on any atom is -0.507 e. The van der Waals surface area contributed by atoms with E-state index in [0.717, 1.165) is 49.4 Å². The van der Waals surface area contributed by atoms with Crippen LogP contribution in [0, 0.1) is 6.92 Å². The molecule has 1 atom stereocenters. The van der Waals surface area contributed by atoms with Crippen LogP contribution in [-0.4, -0.2) is 72.1 Å². The van der Waals surface area contributed by atoms with Gasteiger partial charge in [-0.15, -0.1) is 0 Å². The van der Waals surface area contributed by atoms with Crippen molar-refractivity contribution in [3.63, 3.8) is 0 Å². The topological polar surface area (TPSA) is 79.3 Å². The monoisotopic (exact) mass is 506 g/mol. The van der Waals surface area contributed by atoms with Gasteiger partial charge in [0.25, 0.3) is 11.7 Å². The quantitative estimate of drug-likeness (QED) is 0.307. The first-order valence-corrected chi connectivity index (χ1v) is 13.2. The summed E-state index contributed by atoms with van der Waals surface area (Å²) in [6.45, 7) is 12.3. The summed E-state index contributed by atoms with van der Waals surface area (Å²) in [5, 5.41) is 11.4. The zero-order chi connectivity index (χ0) is 26.5. The molecule has 0 unspecified atom stereocenters. The largest absolute Gasteiger partial charge is 0.507 e. The number of hydrogen-bond acceptors (Lipinski definition) is 6. The number of carbonyl (C=O) groups excluding carboxylic acids is 2. The minimum atomic E-state index is -0.645. The number of ketones is 1. The van der Waals surface area contributed by atoms with E-state index in [1.54, 1.807) is 23.1 Å². The van der Waals surface area contributed by atoms with Crippen LogP contribution in [0.25, 0.3) is 5.76 Å². The van der Waals surface area contributed by atoms with Gasteiger partial charge in [-0.05, 0) is 68.5 Å². The highest BCUT2D eigenvalue weighted by Gasteiger charge is 2.45. The molecule has 7 nitrogen and oxygen atoms in total. The highest BCUT2D eigenvalue weighted by molar-refractivity contribution is 6.46. The third-order valence-electron chi connectivity index (χ3n) is 7.03. The highest BCUT2D eigenvalue weighted by Crippen LogP contribution is 2.40. The maximum Gasteiger partial charge on any atom is 0.295 e. The summed E-state index contributed by atoms with van der Waals surface area (Å²) in [4.78, 5) is 30.5. The van der Waals surface area contributed by atoms with Crippen molar-refractivity contribution < 1.29 is 24.2 Å². The van der Waals surface area contributed by atoms with Crippen LogP contribution in [-0.2, 0) is 20.7 Å². The molecule has 0 radical (unpaired) electrons. The Morgan fingerprint density at radius 1 is 1.08 bits per heavy atom. The molecule has 7 heteroatoms. The third-order valence-corrected chi connectivity index (χ3v) is 7.03. The van der Waals surface area contributed by atoms with E-state index in [-0.39, 0.29) is 17.4 Å². The molecule has 0 aliphatic carbocycles. The molecule has 0 aromatic heterocycles. The summed E-state index contributed by atoms with van der Waals surface area (Å²) in [6.07, 6.45) is 1.65. The Morgan fingerprint density at radius 3 is 2.41 bits per heavy atom. The van der Waals surface area contributed by atoms with Crippen molar-refractivity contribution in [1.29, 1.82) is 0 Å². The lowest BCUT2D eigenvalue weighted by molar-refractivity contribution is -0.140. The second-order valence-electron chi connectivity index (χ2n) is 10.0. The average Bonchev–Trinajstić information content (AvgIpc) is 3.15. The van der Waals surface area contributed by atoms with E-state index >= 15 is 0 Å². The number of aliphatic hydroxyl groups excluding tert-OH is 1. The Morgan fingerprint density at radius 2 is 1.78 bits per heavy atom. The lowest BCUT2D eigenvalue weighted by atomic mass is 9.94. The van der Waals surface area contributed by atoms with E-state index in [9.17, 15) is 14.7 Å². The molecule has 2 fully saturated rings. The first-order chi connectivity index (χ1) is 17.8. The lowest BCUT2D eigenvalue weighted by Gasteiger charge is -2.29. The minimum absolute atomic E-state index is 0.0204. The summed E-state index contributed by atoms with van der Waals surface area (Å²) < 4.78 is 11.3. The first-order valence-electron chi connectivity index (χ1n) is 13.2. The number of Topliss-reactive ketones (excluding diaryl/α,β-unsaturated/α-hetero) is 1. The number of hydrogen-bond donors (Lipinski definition) is 1. The van der Waals surface area contributed by atoms with Crippen LogP contribution >= 0.6 is 0 Å². The number of nitrogens with zero attached hydrogens (tertiary/aromatic N) is 2. The van der Waals surface area contributed by atoms with E-state index in [0.29, 0.717) is 25.3 Å². The average molecular weight is 507 g/mol. The van der Waals surface area contributed by atoms with Crippen LogP contribution in [0.1, 0.15) is 55.5 Å². The second-order valence-corrected chi connectivity index (χ2v) is 10.0. The van der Waals surface area contributed by atoms with Gasteiger partial charge in [-0.3, -0.25) is 14.5 Å². The third kappa shape index (κ3) is 6.05. The van der Waals surface area contributed by atoms with Gasteiger partial charge in [0, 0.05) is 31.7 Å². The van der Waals surface area contributed by atoms with E-state index in [1.165, 1.54) is 5.56 Å². The number of rotatable bonds is 9. The number of aliphatic hydroxyl groups is 1. The smallest absolute Gasteiger partial charge is 0.295 e. The predicted molar refractivity (Wildman–Crippen MR) is 144 cm³/mol. The molecule has 2 saturated heterocycles. The summed E-state index contributed by atoms with van der Waals surface area (Å²) in [5.74, 6) is -0.641. The van der Waals surface area contributed by atoms with Gasteiger partial charge in [0.1, 0.15) is 11.5 Å². The molecule has 2 aromatic rings. The molecular weight excluding hydrogens is 468 g/mol. The molecule has 2 aliphatic rings. The van der Waals surface area contributed by atoms with Crippen LogP contribution in [0.5, 0.6) is 5.75 Å². The standard InChI is InChI=1S/C30H38N2O5/c1-5-22-7-9-23(10-8-22)27-26(28(33)24-11-12-25(21(4)19-24)37-20(2)3)29(34)30(35)32(27)14-6-13-31-15-17-36-18-16-31/h7-12,19-20,27,33H,5-6,13-18H2,1-4H3/t27-/m0/s1. The van der Waals surface area contributed by atoms with E-state index < -0.39 is 17.7 Å². The van der Waals surface area contributed by atoms with Gasteiger partial charge >= 0.3 is 0 Å². The molecule has 2 heterocycles. The molecule has 0 bridgehead atoms. The van der Waals surface area contributed by atoms with Gasteiger partial charge in [0.2, 0.25) is 0 Å². The number of carbonyl (C=O) groups is 2. The fourth-order valence-corrected chi connectivity index (χ4v) is 5.02. The Kier molecular flexibility index (Phi) is 8.67. The van der Waals surface area contributed by atoms with Crippen molar-refractivity contribution in [2.24, 2.45) is 0 Å². The predicted octanol–water partition coefficient (Wildman–Crippen LogP) is 4.49. The Labute approximate surface area is 219 Å². The number of ether oxygens (including phenoxy) is 2. The molecular formula is C30H38N2O5. The zero-order valence-electron chi connectivity index (χ0n) is 22.3. The Hall–Kier alpha value is -3.16. The lowest BCUT2D eigenvalue weighted by Crippen LogP contribution is -2.38. The van der Waals surface area contributed by atoms with Crippen LogP contribution in [0.2, 0.25) is 0 Å². The van der Waals surface area contributed by atoms with Crippen LogP contribution in [0.4, 0.5) is 0 Å². The van der Waals surface area contributed by atoms with E-state index in [4.69, 9.17) is 9.47 Å². The SMILES string of the molecule is CCc1ccc([C@H]2C(=C(O)c3ccc(OC(C)C)c(C)c3)C(=O)C(=O)N2CCCN2CCOCC2)cc1. The van der Waals surface area contributed by atoms with Crippen molar-refractivity contribution >= 4 is 17.4 Å². The Bertz CT molecular complexity index is 1150. The van der Waals surface area contributed by atoms with Crippen molar-refractivity contribution in [1.82, 2.24) is 9.80 Å². The maximum absolute atomic E-state index is 13.3. The summed E-state index contributed by atoms with van der Waals surface area (Å²) in [6, 6.07) is 12.7. The molecule has 0 saturated carbocycles. The normalized spacial score (nSPS) is 20.1. The molecule has 37 heavy (non-hydrogen) atoms. The van der Waals surface area contributed by atoms with Crippen molar-refractivity contribution in [3.8, 4) is 5.75 Å². The molecule has 1 N–H and O–H groups in total. The summed E-state index contributed by atoms with van der Waals surface area (Å²) in [5.41, 5.74) is 3.47. The van der Waals surface area contributed by atoms with Crippen molar-refractivity contribution in [2.45, 2.75) is 52.7 Å². The number of likely N-dealkylation sites (tertiary alicyclic amines) is 1. The van der Waals surface area contributed by atoms with Crippen LogP contribution in [0.15, 0.2) is 48.0 Å². The van der Waals surface area contributed by atoms with Gasteiger partial charge in [0.05, 0.1) is 30.9 Å². The molecule has 2 aliphatic heterocycles. The molecule has 198 valence electrons. The highest BCUT2D eigenvalue weighted by atomic mass is 16.5. The summed E-state index contributed by atoms with van der Waals surface area (Å²) >= 11 is 0. The first kappa shape index (κ1) is 26.9. The number of morpholine rings is 1. The number of aryl methyl sites for hydroxylation is 2. The van der Waals surface area contributed by atoms with Crippen molar-refractivity contribution in [3.05, 3.63) is 70.3 Å². The van der Waals surface area contributed by atoms with E-state index in [2.05, 4.69) is 11.8 Å². The fraction of sp³-hybridized carbons (Fsp3) is 0.467. The van der Waals surface area contributed by atoms with Gasteiger partial charge in [0.15, 0.2) is 0 Å². The molecule has 2 aromatic carbocycles. The molecule has 4 rings (SSSR count). The van der Waals surface area contributed by atoms with Crippen LogP contribution in [0.3, 0.4) is 0 Å². The fourth-order valence-electron chi connectivity index (χ4n) is 5.02. The summed E-state index contributed by atoms with van der Waals surface area (Å²) in [7, 11) is 0. The molecule has 1 amide bonds. The van der Waals surface area contributed by atoms with E-state index in [1.807, 2.05) is 45.0 Å². The Balaban J connectivity index is 1.68. The van der Waals surface area contributed by atoms with Gasteiger partial charge in [-0.1, -0.05) is 31.2 Å². The number of benzene rings is 2. The number of amides is 1. The van der Waals surface area contributed by atoms with Crippen molar-refractivity contribution in [2.75, 3.05) is 39.4 Å². The van der Waals surface area contributed by atoms with Crippen LogP contribution < -0.4 is 4.74 Å². The van der Waals surface area contributed by atoms with Gasteiger partial charge < -0.3 is 19.5 Å².